The predicted octanol–water partition coefficient (Wildman–Crippen LogP) is 7.10. The number of ketones is 1. The molecule has 0 saturated heterocycles. The van der Waals surface area contributed by atoms with Crippen molar-refractivity contribution in [2.24, 2.45) is 50.2 Å². The molecule has 3 fully saturated rings. The van der Waals surface area contributed by atoms with Crippen molar-refractivity contribution in [3.8, 4) is 0 Å². The average molecular weight is 469 g/mol. The summed E-state index contributed by atoms with van der Waals surface area (Å²) in [6.07, 6.45) is 11.6. The maximum absolute atomic E-state index is 12.9. The Morgan fingerprint density at radius 2 is 1.59 bits per heavy atom. The van der Waals surface area contributed by atoms with Crippen molar-refractivity contribution in [3.63, 3.8) is 0 Å². The van der Waals surface area contributed by atoms with Gasteiger partial charge in [-0.05, 0) is 96.9 Å². The molecule has 188 valence electrons. The molecular formula is C30H44O4. The lowest BCUT2D eigenvalue weighted by atomic mass is 9.34. The summed E-state index contributed by atoms with van der Waals surface area (Å²) < 4.78 is 0. The molecule has 3 unspecified atom stereocenters. The quantitative estimate of drug-likeness (QED) is 0.402. The molecule has 3 saturated carbocycles. The van der Waals surface area contributed by atoms with Crippen LogP contribution in [0.25, 0.3) is 0 Å². The smallest absolute Gasteiger partial charge is 0.310 e. The lowest BCUT2D eigenvalue weighted by Crippen LogP contribution is -2.64. The molecule has 5 rings (SSSR count). The number of aliphatic hydroxyl groups excluding tert-OH is 1. The number of hydrogen-bond acceptors (Lipinski definition) is 3. The fraction of sp³-hybridized carbons (Fsp3) is 0.800. The fourth-order valence-corrected chi connectivity index (χ4v) is 10.1. The summed E-state index contributed by atoms with van der Waals surface area (Å²) in [5.74, 6) is -0.157. The van der Waals surface area contributed by atoms with E-state index >= 15 is 0 Å². The first-order valence-electron chi connectivity index (χ1n) is 13.5. The van der Waals surface area contributed by atoms with Crippen LogP contribution in [-0.4, -0.2) is 22.0 Å². The Morgan fingerprint density at radius 3 is 2.24 bits per heavy atom. The second kappa shape index (κ2) is 6.79. The predicted molar refractivity (Wildman–Crippen MR) is 133 cm³/mol. The van der Waals surface area contributed by atoms with Crippen molar-refractivity contribution in [3.05, 3.63) is 23.5 Å². The maximum Gasteiger partial charge on any atom is 0.310 e. The van der Waals surface area contributed by atoms with Crippen molar-refractivity contribution in [1.82, 2.24) is 0 Å². The normalized spacial score (nSPS) is 48.9. The van der Waals surface area contributed by atoms with Crippen LogP contribution in [0.4, 0.5) is 0 Å². The zero-order chi connectivity index (χ0) is 25.1. The molecule has 4 nitrogen and oxygen atoms in total. The van der Waals surface area contributed by atoms with Gasteiger partial charge in [-0.3, -0.25) is 9.59 Å². The van der Waals surface area contributed by atoms with Crippen LogP contribution in [0.15, 0.2) is 23.5 Å². The third kappa shape index (κ3) is 2.72. The van der Waals surface area contributed by atoms with Gasteiger partial charge in [0.25, 0.3) is 0 Å². The van der Waals surface area contributed by atoms with Gasteiger partial charge in [-0.1, -0.05) is 60.1 Å². The van der Waals surface area contributed by atoms with Gasteiger partial charge in [-0.25, -0.2) is 0 Å². The molecule has 0 aromatic rings. The molecule has 7 atom stereocenters. The number of fused-ring (bicyclic) bond motifs is 7. The summed E-state index contributed by atoms with van der Waals surface area (Å²) in [5, 5.41) is 21.2. The van der Waals surface area contributed by atoms with Crippen molar-refractivity contribution >= 4 is 11.8 Å². The number of rotatable bonds is 1. The van der Waals surface area contributed by atoms with Gasteiger partial charge in [-0.2, -0.15) is 0 Å². The first kappa shape index (κ1) is 24.1. The van der Waals surface area contributed by atoms with Crippen LogP contribution >= 0.6 is 0 Å². The van der Waals surface area contributed by atoms with Crippen molar-refractivity contribution in [1.29, 1.82) is 0 Å². The van der Waals surface area contributed by atoms with E-state index in [0.717, 1.165) is 51.4 Å². The van der Waals surface area contributed by atoms with Gasteiger partial charge in [0.1, 0.15) is 0 Å². The third-order valence-electron chi connectivity index (χ3n) is 12.4. The lowest BCUT2D eigenvalue weighted by Gasteiger charge is -2.69. The minimum atomic E-state index is -0.622. The zero-order valence-electron chi connectivity index (χ0n) is 22.3. The van der Waals surface area contributed by atoms with Gasteiger partial charge in [0.2, 0.25) is 5.78 Å². The van der Waals surface area contributed by atoms with E-state index in [9.17, 15) is 19.8 Å². The van der Waals surface area contributed by atoms with Gasteiger partial charge < -0.3 is 10.2 Å². The van der Waals surface area contributed by atoms with Gasteiger partial charge in [-0.15, -0.1) is 0 Å². The highest BCUT2D eigenvalue weighted by molar-refractivity contribution is 5.98. The number of Topliss-reactive ketones (excluding diaryl/α,β-unsaturated/α-hetero) is 1. The van der Waals surface area contributed by atoms with Gasteiger partial charge >= 0.3 is 5.97 Å². The summed E-state index contributed by atoms with van der Waals surface area (Å²) in [4.78, 5) is 25.7. The molecule has 0 aliphatic heterocycles. The second-order valence-corrected chi connectivity index (χ2v) is 14.6. The SMILES string of the molecule is CC1(C)CC[C@]2(C(=O)O)CC[C@]3(C)C(=CCC4[C@@]5(C)C=C(O)C(=O)C(C)(C)C5CC[C@]43C)C2C1. The molecule has 0 bridgehead atoms. The number of carboxylic acid groups (broad SMARTS) is 1. The minimum Gasteiger partial charge on any atom is -0.505 e. The Morgan fingerprint density at radius 1 is 0.941 bits per heavy atom. The molecule has 0 heterocycles. The number of hydrogen-bond donors (Lipinski definition) is 2. The summed E-state index contributed by atoms with van der Waals surface area (Å²) in [6.45, 7) is 15.8. The van der Waals surface area contributed by atoms with E-state index in [1.54, 1.807) is 0 Å². The highest BCUT2D eigenvalue weighted by Gasteiger charge is 2.69. The number of allylic oxidation sites excluding steroid dienone is 4. The van der Waals surface area contributed by atoms with Crippen LogP contribution in [0.1, 0.15) is 99.8 Å². The molecular weight excluding hydrogens is 424 g/mol. The first-order chi connectivity index (χ1) is 15.6. The highest BCUT2D eigenvalue weighted by Crippen LogP contribution is 2.75. The van der Waals surface area contributed by atoms with Crippen LogP contribution in [0.2, 0.25) is 0 Å². The zero-order valence-corrected chi connectivity index (χ0v) is 22.3. The molecule has 0 spiro atoms. The molecule has 5 aliphatic carbocycles. The van der Waals surface area contributed by atoms with E-state index < -0.39 is 16.8 Å². The Bertz CT molecular complexity index is 1020. The van der Waals surface area contributed by atoms with Crippen molar-refractivity contribution in [2.45, 2.75) is 99.8 Å². The molecule has 2 N–H and O–H groups in total. The number of aliphatic hydroxyl groups is 1. The Labute approximate surface area is 205 Å². The van der Waals surface area contributed by atoms with Crippen molar-refractivity contribution in [2.75, 3.05) is 0 Å². The maximum atomic E-state index is 12.9. The molecule has 0 aromatic carbocycles. The van der Waals surface area contributed by atoms with Gasteiger partial charge in [0.05, 0.1) is 5.41 Å². The van der Waals surface area contributed by atoms with Crippen LogP contribution in [0.3, 0.4) is 0 Å². The van der Waals surface area contributed by atoms with Crippen LogP contribution in [0, 0.1) is 50.2 Å². The fourth-order valence-electron chi connectivity index (χ4n) is 10.1. The van der Waals surface area contributed by atoms with E-state index in [1.807, 2.05) is 19.9 Å². The monoisotopic (exact) mass is 468 g/mol. The molecule has 0 amide bonds. The van der Waals surface area contributed by atoms with E-state index in [0.29, 0.717) is 5.92 Å². The Kier molecular flexibility index (Phi) is 4.82. The Balaban J connectivity index is 1.64. The number of carbonyl (C=O) groups excluding carboxylic acids is 1. The van der Waals surface area contributed by atoms with Gasteiger partial charge in [0.15, 0.2) is 5.76 Å². The van der Waals surface area contributed by atoms with E-state index in [4.69, 9.17) is 0 Å². The summed E-state index contributed by atoms with van der Waals surface area (Å²) >= 11 is 0. The lowest BCUT2D eigenvalue weighted by molar-refractivity contribution is -0.175. The van der Waals surface area contributed by atoms with E-state index in [1.165, 1.54) is 5.57 Å². The number of carboxylic acids is 1. The molecule has 4 heteroatoms. The molecule has 0 aromatic heterocycles. The topological polar surface area (TPSA) is 74.6 Å². The molecule has 34 heavy (non-hydrogen) atoms. The number of carbonyl (C=O) groups is 2. The van der Waals surface area contributed by atoms with E-state index in [-0.39, 0.29) is 45.0 Å². The molecule has 5 aliphatic rings. The van der Waals surface area contributed by atoms with Crippen LogP contribution < -0.4 is 0 Å². The van der Waals surface area contributed by atoms with Gasteiger partial charge in [0, 0.05) is 5.41 Å². The standard InChI is InChI=1S/C30H44O4/c1-25(2)12-14-30(24(33)34)15-13-28(6)18(19(30)16-25)8-9-22-27(5)17-20(31)23(32)26(3,4)21(27)10-11-29(22,28)7/h8,17,19,21-22,31H,9-16H2,1-7H3,(H,33,34)/t19?,21?,22?,27-,28+,29+,30-/m0/s1. The third-order valence-corrected chi connectivity index (χ3v) is 12.4. The summed E-state index contributed by atoms with van der Waals surface area (Å²) in [6, 6.07) is 0. The summed E-state index contributed by atoms with van der Waals surface area (Å²) in [5.41, 5.74) is 0.0617. The van der Waals surface area contributed by atoms with E-state index in [2.05, 4.69) is 40.7 Å². The minimum absolute atomic E-state index is 0.00182. The summed E-state index contributed by atoms with van der Waals surface area (Å²) in [7, 11) is 0. The Hall–Kier alpha value is -1.58. The number of aliphatic carboxylic acids is 1. The van der Waals surface area contributed by atoms with Crippen LogP contribution in [-0.2, 0) is 9.59 Å². The first-order valence-corrected chi connectivity index (χ1v) is 13.5. The highest BCUT2D eigenvalue weighted by atomic mass is 16.4. The largest absolute Gasteiger partial charge is 0.505 e. The second-order valence-electron chi connectivity index (χ2n) is 14.6. The van der Waals surface area contributed by atoms with Crippen LogP contribution in [0.5, 0.6) is 0 Å². The molecule has 0 radical (unpaired) electrons. The average Bonchev–Trinajstić information content (AvgIpc) is 2.72. The van der Waals surface area contributed by atoms with Crippen molar-refractivity contribution < 1.29 is 19.8 Å².